The molecule has 0 aromatic carbocycles. The molecule has 12 heavy (non-hydrogen) atoms. The Balaban J connectivity index is 2.34. The second-order valence-corrected chi connectivity index (χ2v) is 3.67. The van der Waals surface area contributed by atoms with Crippen LogP contribution >= 0.6 is 11.6 Å². The van der Waals surface area contributed by atoms with Gasteiger partial charge in [-0.2, -0.15) is 0 Å². The first-order valence-corrected chi connectivity index (χ1v) is 4.39. The molecule has 1 N–H and O–H groups in total. The van der Waals surface area contributed by atoms with E-state index in [0.717, 1.165) is 18.5 Å². The lowest BCUT2D eigenvalue weighted by atomic mass is 10.0. The summed E-state index contributed by atoms with van der Waals surface area (Å²) in [5.41, 5.74) is 0.864. The molecule has 0 saturated heterocycles. The fourth-order valence-electron chi connectivity index (χ4n) is 1.35. The number of hydrogen-bond acceptors (Lipinski definition) is 2. The minimum atomic E-state index is -0.0646. The number of aliphatic hydroxyl groups excluding tert-OH is 1. The van der Waals surface area contributed by atoms with Gasteiger partial charge in [0, 0.05) is 5.41 Å². The molecule has 1 heterocycles. The van der Waals surface area contributed by atoms with Crippen molar-refractivity contribution in [1.29, 1.82) is 0 Å². The summed E-state index contributed by atoms with van der Waals surface area (Å²) in [5.74, 6) is 0. The van der Waals surface area contributed by atoms with Crippen LogP contribution < -0.4 is 0 Å². The van der Waals surface area contributed by atoms with Gasteiger partial charge in [-0.15, -0.1) is 0 Å². The zero-order valence-electron chi connectivity index (χ0n) is 6.63. The summed E-state index contributed by atoms with van der Waals surface area (Å²) in [6.07, 6.45) is 2.05. The molecule has 3 heteroatoms. The first-order valence-electron chi connectivity index (χ1n) is 4.01. The number of hydrogen-bond donors (Lipinski definition) is 1. The van der Waals surface area contributed by atoms with Crippen LogP contribution in [0.2, 0.25) is 5.15 Å². The summed E-state index contributed by atoms with van der Waals surface area (Å²) >= 11 is 5.74. The number of halogens is 1. The van der Waals surface area contributed by atoms with Gasteiger partial charge in [0.2, 0.25) is 0 Å². The van der Waals surface area contributed by atoms with Crippen LogP contribution in [-0.2, 0) is 5.41 Å². The second kappa shape index (κ2) is 2.71. The molecular weight excluding hydrogens is 174 g/mol. The molecule has 2 nitrogen and oxygen atoms in total. The van der Waals surface area contributed by atoms with E-state index in [4.69, 9.17) is 16.7 Å². The van der Waals surface area contributed by atoms with E-state index >= 15 is 0 Å². The molecule has 0 bridgehead atoms. The quantitative estimate of drug-likeness (QED) is 0.709. The van der Waals surface area contributed by atoms with Crippen LogP contribution in [0.4, 0.5) is 0 Å². The van der Waals surface area contributed by atoms with Crippen molar-refractivity contribution in [1.82, 2.24) is 4.98 Å². The van der Waals surface area contributed by atoms with Crippen LogP contribution in [0.15, 0.2) is 18.2 Å². The number of nitrogens with zero attached hydrogens (tertiary/aromatic N) is 1. The summed E-state index contributed by atoms with van der Waals surface area (Å²) in [5, 5.41) is 9.62. The molecule has 1 aliphatic rings. The monoisotopic (exact) mass is 183 g/mol. The van der Waals surface area contributed by atoms with Crippen molar-refractivity contribution < 1.29 is 5.11 Å². The molecule has 1 saturated carbocycles. The SMILES string of the molecule is OCC1(c2cccc(Cl)n2)CC1. The van der Waals surface area contributed by atoms with Gasteiger partial charge in [0.25, 0.3) is 0 Å². The highest BCUT2D eigenvalue weighted by atomic mass is 35.5. The Morgan fingerprint density at radius 1 is 1.50 bits per heavy atom. The first-order chi connectivity index (χ1) is 5.77. The predicted molar refractivity (Wildman–Crippen MR) is 47.2 cm³/mol. The van der Waals surface area contributed by atoms with Crippen molar-refractivity contribution in [3.8, 4) is 0 Å². The third kappa shape index (κ3) is 1.21. The van der Waals surface area contributed by atoms with Gasteiger partial charge in [0.15, 0.2) is 0 Å². The third-order valence-corrected chi connectivity index (χ3v) is 2.63. The number of rotatable bonds is 2. The van der Waals surface area contributed by atoms with Gasteiger partial charge in [-0.25, -0.2) is 4.98 Å². The fraction of sp³-hybridized carbons (Fsp3) is 0.444. The minimum Gasteiger partial charge on any atom is -0.395 e. The maximum atomic E-state index is 9.12. The molecule has 1 aliphatic carbocycles. The highest BCUT2D eigenvalue weighted by Crippen LogP contribution is 2.46. The van der Waals surface area contributed by atoms with E-state index in [-0.39, 0.29) is 12.0 Å². The molecule has 0 aliphatic heterocycles. The summed E-state index contributed by atoms with van der Waals surface area (Å²) < 4.78 is 0. The molecule has 1 fully saturated rings. The van der Waals surface area contributed by atoms with E-state index in [1.54, 1.807) is 6.07 Å². The molecule has 0 unspecified atom stereocenters. The average Bonchev–Trinajstić information content (AvgIpc) is 2.84. The predicted octanol–water partition coefficient (Wildman–Crippen LogP) is 1.76. The van der Waals surface area contributed by atoms with E-state index in [0.29, 0.717) is 5.15 Å². The molecule has 2 rings (SSSR count). The van der Waals surface area contributed by atoms with E-state index in [1.165, 1.54) is 0 Å². The molecule has 64 valence electrons. The van der Waals surface area contributed by atoms with E-state index in [2.05, 4.69) is 4.98 Å². The van der Waals surface area contributed by atoms with Gasteiger partial charge in [0.05, 0.1) is 12.3 Å². The van der Waals surface area contributed by atoms with Gasteiger partial charge < -0.3 is 5.11 Å². The Morgan fingerprint density at radius 3 is 2.75 bits per heavy atom. The maximum Gasteiger partial charge on any atom is 0.129 e. The Kier molecular flexibility index (Phi) is 1.81. The van der Waals surface area contributed by atoms with Gasteiger partial charge in [-0.3, -0.25) is 0 Å². The van der Waals surface area contributed by atoms with Crippen LogP contribution in [0, 0.1) is 0 Å². The van der Waals surface area contributed by atoms with Gasteiger partial charge >= 0.3 is 0 Å². The lowest BCUT2D eigenvalue weighted by Gasteiger charge is -2.09. The second-order valence-electron chi connectivity index (χ2n) is 3.28. The summed E-state index contributed by atoms with van der Waals surface area (Å²) in [6, 6.07) is 5.55. The first kappa shape index (κ1) is 8.02. The van der Waals surface area contributed by atoms with Gasteiger partial charge in [-0.05, 0) is 25.0 Å². The van der Waals surface area contributed by atoms with Crippen molar-refractivity contribution in [2.24, 2.45) is 0 Å². The standard InChI is InChI=1S/C9H10ClNO/c10-8-3-1-2-7(11-8)9(6-12)4-5-9/h1-3,12H,4-6H2. The fourth-order valence-corrected chi connectivity index (χ4v) is 1.51. The summed E-state index contributed by atoms with van der Waals surface area (Å²) in [4.78, 5) is 4.18. The lowest BCUT2D eigenvalue weighted by Crippen LogP contribution is -2.13. The minimum absolute atomic E-state index is 0.0646. The number of pyridine rings is 1. The Hall–Kier alpha value is -0.600. The summed E-state index contributed by atoms with van der Waals surface area (Å²) in [7, 11) is 0. The lowest BCUT2D eigenvalue weighted by molar-refractivity contribution is 0.252. The van der Waals surface area contributed by atoms with E-state index in [1.807, 2.05) is 12.1 Å². The van der Waals surface area contributed by atoms with Crippen LogP contribution in [0.3, 0.4) is 0 Å². The molecular formula is C9H10ClNO. The van der Waals surface area contributed by atoms with Crippen LogP contribution in [-0.4, -0.2) is 16.7 Å². The molecule has 1 aromatic rings. The maximum absolute atomic E-state index is 9.12. The zero-order valence-corrected chi connectivity index (χ0v) is 7.38. The summed E-state index contributed by atoms with van der Waals surface area (Å²) in [6.45, 7) is 0.181. The van der Waals surface area contributed by atoms with E-state index < -0.39 is 0 Å². The Morgan fingerprint density at radius 2 is 2.25 bits per heavy atom. The Bertz CT molecular complexity index is 296. The highest BCUT2D eigenvalue weighted by molar-refractivity contribution is 6.29. The normalized spacial score (nSPS) is 19.2. The topological polar surface area (TPSA) is 33.1 Å². The van der Waals surface area contributed by atoms with Crippen LogP contribution in [0.1, 0.15) is 18.5 Å². The molecule has 0 atom stereocenters. The van der Waals surface area contributed by atoms with Crippen molar-refractivity contribution in [2.75, 3.05) is 6.61 Å². The smallest absolute Gasteiger partial charge is 0.129 e. The third-order valence-electron chi connectivity index (χ3n) is 2.41. The zero-order chi connectivity index (χ0) is 8.60. The van der Waals surface area contributed by atoms with Gasteiger partial charge in [0.1, 0.15) is 5.15 Å². The van der Waals surface area contributed by atoms with Crippen LogP contribution in [0.5, 0.6) is 0 Å². The number of aromatic nitrogens is 1. The molecule has 0 spiro atoms. The van der Waals surface area contributed by atoms with Crippen LogP contribution in [0.25, 0.3) is 0 Å². The molecule has 1 aromatic heterocycles. The highest BCUT2D eigenvalue weighted by Gasteiger charge is 2.45. The van der Waals surface area contributed by atoms with E-state index in [9.17, 15) is 0 Å². The molecule has 0 radical (unpaired) electrons. The van der Waals surface area contributed by atoms with Gasteiger partial charge in [-0.1, -0.05) is 17.7 Å². The molecule has 0 amide bonds. The van der Waals surface area contributed by atoms with Crippen molar-refractivity contribution in [3.63, 3.8) is 0 Å². The Labute approximate surface area is 76.2 Å². The van der Waals surface area contributed by atoms with Crippen molar-refractivity contribution in [3.05, 3.63) is 29.0 Å². The largest absolute Gasteiger partial charge is 0.395 e. The average molecular weight is 184 g/mol. The van der Waals surface area contributed by atoms with Crippen molar-refractivity contribution >= 4 is 11.6 Å². The number of aliphatic hydroxyl groups is 1. The van der Waals surface area contributed by atoms with Crippen molar-refractivity contribution in [2.45, 2.75) is 18.3 Å².